The third-order valence-electron chi connectivity index (χ3n) is 1.63. The van der Waals surface area contributed by atoms with E-state index in [1.807, 2.05) is 6.92 Å². The van der Waals surface area contributed by atoms with Crippen molar-refractivity contribution in [1.29, 1.82) is 0 Å². The molecule has 13 heavy (non-hydrogen) atoms. The number of nitrogens with one attached hydrogen (secondary N) is 1. The molecular weight excluding hydrogens is 174 g/mol. The van der Waals surface area contributed by atoms with Crippen molar-refractivity contribution in [3.05, 3.63) is 0 Å². The van der Waals surface area contributed by atoms with Crippen LogP contribution in [0.5, 0.6) is 0 Å². The van der Waals surface area contributed by atoms with Gasteiger partial charge in [0.2, 0.25) is 0 Å². The fourth-order valence-corrected chi connectivity index (χ4v) is 0.802. The Labute approximate surface area is 77.1 Å². The molecule has 0 aliphatic carbocycles. The third kappa shape index (κ3) is 7.11. The van der Waals surface area contributed by atoms with Gasteiger partial charge in [0.1, 0.15) is 0 Å². The topological polar surface area (TPSA) is 75.6 Å². The molecule has 0 saturated carbocycles. The predicted molar refractivity (Wildman–Crippen MR) is 46.4 cm³/mol. The van der Waals surface area contributed by atoms with Crippen molar-refractivity contribution in [1.82, 2.24) is 5.32 Å². The van der Waals surface area contributed by atoms with Crippen molar-refractivity contribution < 1.29 is 19.4 Å². The Kier molecular flexibility index (Phi) is 5.67. The standard InChI is InChI=1S/C8H15NO4/c1-6(3-4-7(10)11)5-9-8(12)13-2/h6H,3-5H2,1-2H3,(H,9,12)(H,10,11). The van der Waals surface area contributed by atoms with Gasteiger partial charge in [0.25, 0.3) is 0 Å². The van der Waals surface area contributed by atoms with Gasteiger partial charge in [0.15, 0.2) is 0 Å². The van der Waals surface area contributed by atoms with Crippen LogP contribution in [-0.2, 0) is 9.53 Å². The van der Waals surface area contributed by atoms with Crippen LogP contribution in [0.1, 0.15) is 19.8 Å². The summed E-state index contributed by atoms with van der Waals surface area (Å²) in [5, 5.41) is 10.9. The number of methoxy groups -OCH3 is 1. The van der Waals surface area contributed by atoms with Crippen molar-refractivity contribution in [2.45, 2.75) is 19.8 Å². The van der Waals surface area contributed by atoms with Crippen LogP contribution in [-0.4, -0.2) is 30.8 Å². The van der Waals surface area contributed by atoms with Crippen LogP contribution in [0.2, 0.25) is 0 Å². The van der Waals surface area contributed by atoms with E-state index in [0.717, 1.165) is 0 Å². The highest BCUT2D eigenvalue weighted by molar-refractivity contribution is 5.67. The van der Waals surface area contributed by atoms with Crippen molar-refractivity contribution in [2.75, 3.05) is 13.7 Å². The lowest BCUT2D eigenvalue weighted by molar-refractivity contribution is -0.137. The van der Waals surface area contributed by atoms with Gasteiger partial charge in [0.05, 0.1) is 7.11 Å². The molecule has 0 rings (SSSR count). The van der Waals surface area contributed by atoms with E-state index < -0.39 is 12.1 Å². The maximum Gasteiger partial charge on any atom is 0.406 e. The van der Waals surface area contributed by atoms with E-state index in [-0.39, 0.29) is 12.3 Å². The third-order valence-corrected chi connectivity index (χ3v) is 1.63. The van der Waals surface area contributed by atoms with Gasteiger partial charge in [-0.15, -0.1) is 0 Å². The van der Waals surface area contributed by atoms with Crippen molar-refractivity contribution in [3.8, 4) is 0 Å². The average Bonchev–Trinajstić information content (AvgIpc) is 2.10. The lowest BCUT2D eigenvalue weighted by atomic mass is 10.1. The molecule has 0 bridgehead atoms. The van der Waals surface area contributed by atoms with Crippen LogP contribution in [0.25, 0.3) is 0 Å². The van der Waals surface area contributed by atoms with Crippen LogP contribution < -0.4 is 5.32 Å². The Morgan fingerprint density at radius 1 is 1.54 bits per heavy atom. The van der Waals surface area contributed by atoms with Gasteiger partial charge >= 0.3 is 12.1 Å². The minimum Gasteiger partial charge on any atom is -0.481 e. The second-order valence-electron chi connectivity index (χ2n) is 2.91. The number of carbonyl (C=O) groups is 2. The molecule has 0 radical (unpaired) electrons. The van der Waals surface area contributed by atoms with E-state index in [1.165, 1.54) is 7.11 Å². The van der Waals surface area contributed by atoms with Crippen LogP contribution in [0.3, 0.4) is 0 Å². The molecule has 1 unspecified atom stereocenters. The van der Waals surface area contributed by atoms with E-state index >= 15 is 0 Å². The quantitative estimate of drug-likeness (QED) is 0.672. The Hall–Kier alpha value is -1.26. The summed E-state index contributed by atoms with van der Waals surface area (Å²) in [5.41, 5.74) is 0. The first-order valence-electron chi connectivity index (χ1n) is 4.10. The summed E-state index contributed by atoms with van der Waals surface area (Å²) < 4.78 is 4.36. The van der Waals surface area contributed by atoms with E-state index in [1.54, 1.807) is 0 Å². The second-order valence-corrected chi connectivity index (χ2v) is 2.91. The molecular formula is C8H15NO4. The number of aliphatic carboxylic acids is 1. The summed E-state index contributed by atoms with van der Waals surface area (Å²) in [4.78, 5) is 20.8. The Morgan fingerprint density at radius 3 is 2.62 bits per heavy atom. The summed E-state index contributed by atoms with van der Waals surface area (Å²) >= 11 is 0. The van der Waals surface area contributed by atoms with Gasteiger partial charge in [-0.05, 0) is 12.3 Å². The van der Waals surface area contributed by atoms with Gasteiger partial charge in [-0.25, -0.2) is 4.79 Å². The molecule has 0 aliphatic heterocycles. The Balaban J connectivity index is 3.45. The van der Waals surface area contributed by atoms with Crippen LogP contribution in [0, 0.1) is 5.92 Å². The zero-order chi connectivity index (χ0) is 10.3. The number of carboxylic acid groups (broad SMARTS) is 1. The maximum absolute atomic E-state index is 10.6. The normalized spacial score (nSPS) is 11.8. The number of carboxylic acids is 1. The first kappa shape index (κ1) is 11.7. The summed E-state index contributed by atoms with van der Waals surface area (Å²) in [6.45, 7) is 2.32. The largest absolute Gasteiger partial charge is 0.481 e. The van der Waals surface area contributed by atoms with Gasteiger partial charge in [-0.1, -0.05) is 6.92 Å². The monoisotopic (exact) mass is 189 g/mol. The first-order valence-corrected chi connectivity index (χ1v) is 4.10. The molecule has 0 aliphatic rings. The number of ether oxygens (including phenoxy) is 1. The van der Waals surface area contributed by atoms with E-state index in [9.17, 15) is 9.59 Å². The second kappa shape index (κ2) is 6.28. The maximum atomic E-state index is 10.6. The lowest BCUT2D eigenvalue weighted by Crippen LogP contribution is -2.28. The zero-order valence-corrected chi connectivity index (χ0v) is 7.87. The number of amides is 1. The van der Waals surface area contributed by atoms with Gasteiger partial charge in [-0.3, -0.25) is 4.79 Å². The van der Waals surface area contributed by atoms with Crippen molar-refractivity contribution in [2.24, 2.45) is 5.92 Å². The molecule has 0 aromatic carbocycles. The molecule has 0 fully saturated rings. The van der Waals surface area contributed by atoms with Crippen LogP contribution in [0.4, 0.5) is 4.79 Å². The predicted octanol–water partition coefficient (Wildman–Crippen LogP) is 0.843. The number of hydrogen-bond acceptors (Lipinski definition) is 3. The molecule has 0 aromatic heterocycles. The highest BCUT2D eigenvalue weighted by atomic mass is 16.5. The number of hydrogen-bond donors (Lipinski definition) is 2. The van der Waals surface area contributed by atoms with Crippen molar-refractivity contribution in [3.63, 3.8) is 0 Å². The van der Waals surface area contributed by atoms with E-state index in [2.05, 4.69) is 10.1 Å². The summed E-state index contributed by atoms with van der Waals surface area (Å²) in [6, 6.07) is 0. The zero-order valence-electron chi connectivity index (χ0n) is 7.87. The molecule has 0 heterocycles. The molecule has 0 aromatic rings. The lowest BCUT2D eigenvalue weighted by Gasteiger charge is -2.09. The molecule has 5 heteroatoms. The molecule has 5 nitrogen and oxygen atoms in total. The summed E-state index contributed by atoms with van der Waals surface area (Å²) in [7, 11) is 1.29. The molecule has 1 amide bonds. The highest BCUT2D eigenvalue weighted by Gasteiger charge is 2.06. The molecule has 0 spiro atoms. The highest BCUT2D eigenvalue weighted by Crippen LogP contribution is 2.03. The first-order chi connectivity index (χ1) is 6.06. The average molecular weight is 189 g/mol. The number of alkyl carbamates (subject to hydrolysis) is 1. The van der Waals surface area contributed by atoms with Gasteiger partial charge in [-0.2, -0.15) is 0 Å². The Bertz CT molecular complexity index is 181. The number of rotatable bonds is 5. The number of carbonyl (C=O) groups excluding carboxylic acids is 1. The molecule has 1 atom stereocenters. The Morgan fingerprint density at radius 2 is 2.15 bits per heavy atom. The van der Waals surface area contributed by atoms with Crippen LogP contribution in [0.15, 0.2) is 0 Å². The molecule has 0 saturated heterocycles. The molecule has 2 N–H and O–H groups in total. The van der Waals surface area contributed by atoms with Crippen LogP contribution >= 0.6 is 0 Å². The fourth-order valence-electron chi connectivity index (χ4n) is 0.802. The van der Waals surface area contributed by atoms with E-state index in [0.29, 0.717) is 13.0 Å². The SMILES string of the molecule is COC(=O)NCC(C)CCC(=O)O. The summed E-state index contributed by atoms with van der Waals surface area (Å²) in [6.07, 6.45) is 0.200. The smallest absolute Gasteiger partial charge is 0.406 e. The van der Waals surface area contributed by atoms with Gasteiger partial charge in [0, 0.05) is 13.0 Å². The van der Waals surface area contributed by atoms with E-state index in [4.69, 9.17) is 5.11 Å². The summed E-state index contributed by atoms with van der Waals surface area (Å²) in [5.74, 6) is -0.667. The van der Waals surface area contributed by atoms with Crippen molar-refractivity contribution >= 4 is 12.1 Å². The minimum absolute atomic E-state index is 0.129. The van der Waals surface area contributed by atoms with Gasteiger partial charge < -0.3 is 15.2 Å². The molecule has 76 valence electrons. The fraction of sp³-hybridized carbons (Fsp3) is 0.750. The minimum atomic E-state index is -0.815.